The number of hydrogen-bond acceptors (Lipinski definition) is 5. The number of hydrogen-bond donors (Lipinski definition) is 2. The number of pyridine rings is 1. The summed E-state index contributed by atoms with van der Waals surface area (Å²) in [6, 6.07) is 8.59. The first-order valence-electron chi connectivity index (χ1n) is 11.3. The average Bonchev–Trinajstić information content (AvgIpc) is 2.75. The zero-order chi connectivity index (χ0) is 23.9. The van der Waals surface area contributed by atoms with Crippen molar-refractivity contribution in [2.45, 2.75) is 54.9 Å². The quantitative estimate of drug-likeness (QED) is 0.517. The summed E-state index contributed by atoms with van der Waals surface area (Å²) in [5.74, 6) is 0.117. The van der Waals surface area contributed by atoms with Crippen molar-refractivity contribution in [2.75, 3.05) is 39.3 Å². The van der Waals surface area contributed by atoms with Gasteiger partial charge in [-0.2, -0.15) is 0 Å². The number of phosphoric ester groups is 1. The van der Waals surface area contributed by atoms with Crippen LogP contribution in [0.2, 0.25) is 0 Å². The average molecular weight is 456 g/mol. The van der Waals surface area contributed by atoms with E-state index >= 15 is 0 Å². The number of benzene rings is 1. The third-order valence-electron chi connectivity index (χ3n) is 4.99. The van der Waals surface area contributed by atoms with Crippen LogP contribution in [-0.2, 0) is 11.0 Å². The van der Waals surface area contributed by atoms with Crippen LogP contribution in [0.3, 0.4) is 0 Å². The van der Waals surface area contributed by atoms with Crippen molar-refractivity contribution in [3.63, 3.8) is 0 Å². The number of fused-ring (bicyclic) bond motifs is 1. The van der Waals surface area contributed by atoms with Gasteiger partial charge in [0.2, 0.25) is 0 Å². The van der Waals surface area contributed by atoms with E-state index in [-0.39, 0.29) is 5.75 Å². The maximum Gasteiger partial charge on any atom is 0.524 e. The molecule has 0 radical (unpaired) electrons. The molecule has 178 valence electrons. The predicted octanol–water partition coefficient (Wildman–Crippen LogP) is 4.96. The Balaban J connectivity index is 0.000000536. The highest BCUT2D eigenvalue weighted by Crippen LogP contribution is 2.38. The summed E-state index contributed by atoms with van der Waals surface area (Å²) in [6.45, 7) is 22.2. The molecule has 0 saturated carbocycles. The molecular formula is C23H42N3O4P. The molecule has 2 aromatic rings. The van der Waals surface area contributed by atoms with Crippen LogP contribution in [-0.4, -0.2) is 63.8 Å². The predicted molar refractivity (Wildman–Crippen MR) is 131 cm³/mol. The molecule has 0 bridgehead atoms. The van der Waals surface area contributed by atoms with E-state index in [4.69, 9.17) is 9.79 Å². The van der Waals surface area contributed by atoms with Gasteiger partial charge in [0.25, 0.3) is 0 Å². The smallest absolute Gasteiger partial charge is 0.404 e. The lowest BCUT2D eigenvalue weighted by atomic mass is 10.2. The Morgan fingerprint density at radius 1 is 0.806 bits per heavy atom. The zero-order valence-corrected chi connectivity index (χ0v) is 21.2. The molecule has 0 spiro atoms. The molecule has 0 aliphatic rings. The minimum Gasteiger partial charge on any atom is -0.404 e. The first-order chi connectivity index (χ1) is 14.7. The maximum atomic E-state index is 10.7. The van der Waals surface area contributed by atoms with Gasteiger partial charge in [-0.15, -0.1) is 0 Å². The summed E-state index contributed by atoms with van der Waals surface area (Å²) < 4.78 is 15.2. The Morgan fingerprint density at radius 2 is 1.26 bits per heavy atom. The third kappa shape index (κ3) is 12.8. The molecular weight excluding hydrogens is 413 g/mol. The second kappa shape index (κ2) is 16.2. The van der Waals surface area contributed by atoms with Crippen molar-refractivity contribution < 1.29 is 18.9 Å². The van der Waals surface area contributed by atoms with Gasteiger partial charge in [-0.05, 0) is 63.9 Å². The fraction of sp³-hybridized carbons (Fsp3) is 0.609. The van der Waals surface area contributed by atoms with Gasteiger partial charge in [0.15, 0.2) is 0 Å². The van der Waals surface area contributed by atoms with Crippen LogP contribution in [0.1, 0.15) is 54.2 Å². The molecule has 0 aliphatic heterocycles. The Morgan fingerprint density at radius 3 is 1.61 bits per heavy atom. The van der Waals surface area contributed by atoms with Crippen molar-refractivity contribution in [3.8, 4) is 5.75 Å². The molecule has 0 unspecified atom stereocenters. The van der Waals surface area contributed by atoms with E-state index in [1.54, 1.807) is 6.07 Å². The van der Waals surface area contributed by atoms with Crippen LogP contribution < -0.4 is 4.52 Å². The van der Waals surface area contributed by atoms with Gasteiger partial charge >= 0.3 is 7.82 Å². The van der Waals surface area contributed by atoms with Gasteiger partial charge in [0.1, 0.15) is 5.75 Å². The van der Waals surface area contributed by atoms with E-state index in [0.29, 0.717) is 5.52 Å². The van der Waals surface area contributed by atoms with Gasteiger partial charge in [-0.3, -0.25) is 14.8 Å². The molecule has 0 amide bonds. The normalized spacial score (nSPS) is 11.1. The Hall–Kier alpha value is -1.50. The van der Waals surface area contributed by atoms with Crippen LogP contribution >= 0.6 is 7.82 Å². The van der Waals surface area contributed by atoms with Crippen molar-refractivity contribution in [2.24, 2.45) is 0 Å². The van der Waals surface area contributed by atoms with E-state index < -0.39 is 7.82 Å². The number of phosphoric acid groups is 1. The number of nitrogens with zero attached hydrogens (tertiary/aromatic N) is 3. The van der Waals surface area contributed by atoms with Crippen LogP contribution in [0.25, 0.3) is 10.9 Å². The second-order valence-corrected chi connectivity index (χ2v) is 8.00. The first kappa shape index (κ1) is 29.5. The topological polar surface area (TPSA) is 86.1 Å². The van der Waals surface area contributed by atoms with Gasteiger partial charge in [0.05, 0.1) is 5.52 Å². The second-order valence-electron chi connectivity index (χ2n) is 6.83. The number of rotatable bonds is 9. The minimum absolute atomic E-state index is 0.117. The molecule has 1 heterocycles. The van der Waals surface area contributed by atoms with Gasteiger partial charge in [-0.1, -0.05) is 54.5 Å². The van der Waals surface area contributed by atoms with E-state index in [9.17, 15) is 4.57 Å². The highest BCUT2D eigenvalue weighted by molar-refractivity contribution is 7.46. The summed E-state index contributed by atoms with van der Waals surface area (Å²) in [4.78, 5) is 26.5. The molecule has 8 heteroatoms. The molecule has 31 heavy (non-hydrogen) atoms. The van der Waals surface area contributed by atoms with E-state index in [1.807, 2.05) is 19.1 Å². The summed E-state index contributed by atoms with van der Waals surface area (Å²) >= 11 is 0. The van der Waals surface area contributed by atoms with Crippen LogP contribution in [0.4, 0.5) is 0 Å². The van der Waals surface area contributed by atoms with E-state index in [1.165, 1.54) is 51.4 Å². The molecule has 1 aromatic carbocycles. The minimum atomic E-state index is -4.51. The van der Waals surface area contributed by atoms with E-state index in [0.717, 1.165) is 17.5 Å². The summed E-state index contributed by atoms with van der Waals surface area (Å²) in [5.41, 5.74) is 1.58. The fourth-order valence-corrected chi connectivity index (χ4v) is 3.26. The van der Waals surface area contributed by atoms with E-state index in [2.05, 4.69) is 60.8 Å². The Bertz CT molecular complexity index is 751. The Kier molecular flexibility index (Phi) is 15.4. The van der Waals surface area contributed by atoms with Crippen molar-refractivity contribution >= 4 is 18.7 Å². The molecule has 1 aromatic heterocycles. The Labute approximate surface area is 188 Å². The first-order valence-corrected chi connectivity index (χ1v) is 12.8. The highest BCUT2D eigenvalue weighted by atomic mass is 31.2. The van der Waals surface area contributed by atoms with Crippen LogP contribution in [0, 0.1) is 0 Å². The lowest BCUT2D eigenvalue weighted by Crippen LogP contribution is -2.21. The molecule has 0 atom stereocenters. The van der Waals surface area contributed by atoms with Gasteiger partial charge < -0.3 is 14.3 Å². The maximum absolute atomic E-state index is 10.7. The van der Waals surface area contributed by atoms with Crippen LogP contribution in [0.5, 0.6) is 5.75 Å². The molecule has 7 nitrogen and oxygen atoms in total. The molecule has 0 fully saturated rings. The van der Waals surface area contributed by atoms with Crippen molar-refractivity contribution in [1.82, 2.24) is 14.8 Å². The zero-order valence-electron chi connectivity index (χ0n) is 20.3. The largest absolute Gasteiger partial charge is 0.524 e. The summed E-state index contributed by atoms with van der Waals surface area (Å²) in [5, 5.41) is 0.903. The lowest BCUT2D eigenvalue weighted by Gasteiger charge is -2.13. The standard InChI is InChI=1S/C11H12NO4P.2C6H15N/c1-2-9-5-3-8-4-6-10(7-11(8)12-9)16-17(13,14)15;2*1-4-7(5-2)6-3/h3-7H,2H2,1H3,(H2,13,14,15);2*4-6H2,1-3H3. The number of aryl methyl sites for hydroxylation is 1. The summed E-state index contributed by atoms with van der Waals surface area (Å²) in [7, 11) is -4.51. The van der Waals surface area contributed by atoms with Gasteiger partial charge in [0, 0.05) is 17.1 Å². The monoisotopic (exact) mass is 455 g/mol. The molecule has 2 N–H and O–H groups in total. The molecule has 0 saturated heterocycles. The third-order valence-corrected chi connectivity index (χ3v) is 5.44. The van der Waals surface area contributed by atoms with Crippen molar-refractivity contribution in [3.05, 3.63) is 36.0 Å². The SMILES string of the molecule is CCN(CC)CC.CCN(CC)CC.CCc1ccc2ccc(OP(=O)(O)O)cc2n1. The highest BCUT2D eigenvalue weighted by Gasteiger charge is 2.15. The summed E-state index contributed by atoms with van der Waals surface area (Å²) in [6.07, 6.45) is 0.805. The number of aromatic nitrogens is 1. The molecule has 0 aliphatic carbocycles. The van der Waals surface area contributed by atoms with Crippen molar-refractivity contribution in [1.29, 1.82) is 0 Å². The van der Waals surface area contributed by atoms with Crippen LogP contribution in [0.15, 0.2) is 30.3 Å². The van der Waals surface area contributed by atoms with Gasteiger partial charge in [-0.25, -0.2) is 4.57 Å². The lowest BCUT2D eigenvalue weighted by molar-refractivity contribution is 0.283. The fourth-order valence-electron chi connectivity index (χ4n) is 2.87. The molecule has 2 rings (SSSR count).